The molecule has 1 aromatic heterocycles. The molecule has 21 heavy (non-hydrogen) atoms. The third-order valence-corrected chi connectivity index (χ3v) is 5.72. The fourth-order valence-electron chi connectivity index (χ4n) is 2.76. The molecular weight excluding hydrogens is 286 g/mol. The molecular formula is C16H23NO3S. The topological polar surface area (TPSA) is 57.6 Å². The van der Waals surface area contributed by atoms with Gasteiger partial charge >= 0.3 is 5.97 Å². The zero-order valence-electron chi connectivity index (χ0n) is 12.9. The molecule has 1 N–H and O–H groups in total. The van der Waals surface area contributed by atoms with Crippen LogP contribution < -0.4 is 0 Å². The number of carbonyl (C=O) groups excluding carboxylic acids is 1. The van der Waals surface area contributed by atoms with Gasteiger partial charge in [0, 0.05) is 18.0 Å². The monoisotopic (exact) mass is 309 g/mol. The van der Waals surface area contributed by atoms with Crippen molar-refractivity contribution in [3.63, 3.8) is 0 Å². The molecule has 4 nitrogen and oxygen atoms in total. The number of hydrogen-bond acceptors (Lipinski definition) is 3. The summed E-state index contributed by atoms with van der Waals surface area (Å²) >= 11 is 1.54. The Kier molecular flexibility index (Phi) is 4.71. The fraction of sp³-hybridized carbons (Fsp3) is 0.625. The maximum absolute atomic E-state index is 12.6. The van der Waals surface area contributed by atoms with Gasteiger partial charge in [-0.15, -0.1) is 11.3 Å². The van der Waals surface area contributed by atoms with Crippen molar-refractivity contribution < 1.29 is 14.7 Å². The Morgan fingerprint density at radius 3 is 2.71 bits per heavy atom. The molecule has 1 fully saturated rings. The van der Waals surface area contributed by atoms with Gasteiger partial charge in [0.2, 0.25) is 0 Å². The van der Waals surface area contributed by atoms with Crippen molar-refractivity contribution in [1.29, 1.82) is 0 Å². The highest BCUT2D eigenvalue weighted by Gasteiger charge is 2.40. The van der Waals surface area contributed by atoms with Crippen molar-refractivity contribution in [1.82, 2.24) is 4.90 Å². The van der Waals surface area contributed by atoms with Crippen molar-refractivity contribution in [2.24, 2.45) is 11.3 Å². The lowest BCUT2D eigenvalue weighted by atomic mass is 9.74. The van der Waals surface area contributed by atoms with Crippen LogP contribution in [0.25, 0.3) is 0 Å². The minimum absolute atomic E-state index is 0.0123. The Morgan fingerprint density at radius 1 is 1.43 bits per heavy atom. The molecule has 0 bridgehead atoms. The number of rotatable bonds is 4. The molecule has 0 aliphatic carbocycles. The molecule has 0 aromatic carbocycles. The third kappa shape index (κ3) is 3.28. The van der Waals surface area contributed by atoms with Crippen LogP contribution in [0.1, 0.15) is 48.2 Å². The normalized spacial score (nSPS) is 19.6. The van der Waals surface area contributed by atoms with E-state index in [1.807, 2.05) is 17.0 Å². The number of hydrogen-bond donors (Lipinski definition) is 1. The molecule has 1 unspecified atom stereocenters. The summed E-state index contributed by atoms with van der Waals surface area (Å²) in [5.41, 5.74) is -0.789. The van der Waals surface area contributed by atoms with E-state index in [4.69, 9.17) is 0 Å². The Balaban J connectivity index is 2.10. The van der Waals surface area contributed by atoms with E-state index >= 15 is 0 Å². The number of amides is 1. The van der Waals surface area contributed by atoms with E-state index in [0.29, 0.717) is 6.54 Å². The van der Waals surface area contributed by atoms with E-state index < -0.39 is 11.4 Å². The molecule has 1 aliphatic rings. The maximum atomic E-state index is 12.6. The number of likely N-dealkylation sites (tertiary alicyclic amines) is 1. The van der Waals surface area contributed by atoms with Crippen LogP contribution in [0.2, 0.25) is 0 Å². The summed E-state index contributed by atoms with van der Waals surface area (Å²) in [5.74, 6) is -0.727. The molecule has 2 rings (SSSR count). The predicted molar refractivity (Wildman–Crippen MR) is 83.7 cm³/mol. The third-order valence-electron chi connectivity index (χ3n) is 4.50. The summed E-state index contributed by atoms with van der Waals surface area (Å²) in [4.78, 5) is 27.8. The first-order valence-corrected chi connectivity index (χ1v) is 8.29. The zero-order valence-corrected chi connectivity index (χ0v) is 13.7. The molecule has 0 radical (unpaired) electrons. The first-order valence-electron chi connectivity index (χ1n) is 7.47. The Labute approximate surface area is 129 Å². The summed E-state index contributed by atoms with van der Waals surface area (Å²) in [7, 11) is 0. The standard InChI is InChI=1S/C16H23NO3S/c1-4-12-7-8-13(21-12)14(18)17-9-5-6-11(10-17)16(2,3)15(19)20/h7-8,11H,4-6,9-10H2,1-3H3,(H,19,20). The van der Waals surface area contributed by atoms with Gasteiger partial charge in [0.05, 0.1) is 10.3 Å². The van der Waals surface area contributed by atoms with Crippen LogP contribution in [-0.4, -0.2) is 35.0 Å². The Morgan fingerprint density at radius 2 is 2.14 bits per heavy atom. The molecule has 0 spiro atoms. The molecule has 1 amide bonds. The molecule has 1 atom stereocenters. The highest BCUT2D eigenvalue weighted by Crippen LogP contribution is 2.35. The van der Waals surface area contributed by atoms with Gasteiger partial charge in [0.25, 0.3) is 5.91 Å². The van der Waals surface area contributed by atoms with Crippen LogP contribution in [-0.2, 0) is 11.2 Å². The minimum atomic E-state index is -0.789. The van der Waals surface area contributed by atoms with Crippen molar-refractivity contribution in [3.8, 4) is 0 Å². The zero-order chi connectivity index (χ0) is 15.6. The SMILES string of the molecule is CCc1ccc(C(=O)N2CCCC(C(C)(C)C(=O)O)C2)s1. The molecule has 116 valence electrons. The molecule has 1 aliphatic heterocycles. The smallest absolute Gasteiger partial charge is 0.309 e. The predicted octanol–water partition coefficient (Wildman–Crippen LogP) is 3.27. The number of thiophene rings is 1. The van der Waals surface area contributed by atoms with Gasteiger partial charge in [0.15, 0.2) is 0 Å². The number of aliphatic carboxylic acids is 1. The first kappa shape index (κ1) is 16.0. The van der Waals surface area contributed by atoms with E-state index in [2.05, 4.69) is 6.92 Å². The van der Waals surface area contributed by atoms with Gasteiger partial charge in [-0.25, -0.2) is 0 Å². The number of carboxylic acid groups (broad SMARTS) is 1. The van der Waals surface area contributed by atoms with Gasteiger partial charge in [0.1, 0.15) is 0 Å². The second-order valence-corrected chi connectivity index (χ2v) is 7.41. The lowest BCUT2D eigenvalue weighted by Crippen LogP contribution is -2.46. The van der Waals surface area contributed by atoms with E-state index in [0.717, 1.165) is 30.7 Å². The fourth-order valence-corrected chi connectivity index (χ4v) is 3.68. The van der Waals surface area contributed by atoms with Gasteiger partial charge in [-0.05, 0) is 51.2 Å². The highest BCUT2D eigenvalue weighted by molar-refractivity contribution is 7.14. The summed E-state index contributed by atoms with van der Waals surface area (Å²) in [5, 5.41) is 9.37. The number of carboxylic acids is 1. The summed E-state index contributed by atoms with van der Waals surface area (Å²) in [6, 6.07) is 3.89. The van der Waals surface area contributed by atoms with Crippen LogP contribution in [0.5, 0.6) is 0 Å². The van der Waals surface area contributed by atoms with E-state index in [9.17, 15) is 14.7 Å². The van der Waals surface area contributed by atoms with Crippen LogP contribution in [0.4, 0.5) is 0 Å². The second-order valence-electron chi connectivity index (χ2n) is 6.24. The van der Waals surface area contributed by atoms with Crippen molar-refractivity contribution >= 4 is 23.2 Å². The summed E-state index contributed by atoms with van der Waals surface area (Å²) in [6.45, 7) is 6.86. The highest BCUT2D eigenvalue weighted by atomic mass is 32.1. The van der Waals surface area contributed by atoms with Crippen molar-refractivity contribution in [2.45, 2.75) is 40.0 Å². The molecule has 1 saturated heterocycles. The van der Waals surface area contributed by atoms with E-state index in [1.165, 1.54) is 4.88 Å². The second kappa shape index (κ2) is 6.18. The quantitative estimate of drug-likeness (QED) is 0.928. The number of aryl methyl sites for hydroxylation is 1. The molecule has 1 aromatic rings. The largest absolute Gasteiger partial charge is 0.481 e. The van der Waals surface area contributed by atoms with E-state index in [1.54, 1.807) is 25.2 Å². The molecule has 2 heterocycles. The maximum Gasteiger partial charge on any atom is 0.309 e. The Bertz CT molecular complexity index is 535. The summed E-state index contributed by atoms with van der Waals surface area (Å²) in [6.07, 6.45) is 2.68. The lowest BCUT2D eigenvalue weighted by Gasteiger charge is -2.39. The number of carbonyl (C=O) groups is 2. The first-order chi connectivity index (χ1) is 9.86. The minimum Gasteiger partial charge on any atom is -0.481 e. The molecule has 0 saturated carbocycles. The van der Waals surface area contributed by atoms with Crippen LogP contribution in [0.3, 0.4) is 0 Å². The number of nitrogens with zero attached hydrogens (tertiary/aromatic N) is 1. The van der Waals surface area contributed by atoms with Crippen molar-refractivity contribution in [2.75, 3.05) is 13.1 Å². The average Bonchev–Trinajstić information content (AvgIpc) is 2.95. The van der Waals surface area contributed by atoms with Gasteiger partial charge < -0.3 is 10.0 Å². The van der Waals surface area contributed by atoms with Gasteiger partial charge in [-0.3, -0.25) is 9.59 Å². The van der Waals surface area contributed by atoms with Crippen LogP contribution in [0.15, 0.2) is 12.1 Å². The lowest BCUT2D eigenvalue weighted by molar-refractivity contribution is -0.151. The molecule has 5 heteroatoms. The van der Waals surface area contributed by atoms with Crippen LogP contribution >= 0.6 is 11.3 Å². The summed E-state index contributed by atoms with van der Waals surface area (Å²) < 4.78 is 0. The Hall–Kier alpha value is -1.36. The van der Waals surface area contributed by atoms with Gasteiger partial charge in [-0.2, -0.15) is 0 Å². The van der Waals surface area contributed by atoms with E-state index in [-0.39, 0.29) is 11.8 Å². The van der Waals surface area contributed by atoms with Gasteiger partial charge in [-0.1, -0.05) is 6.92 Å². The average molecular weight is 309 g/mol. The van der Waals surface area contributed by atoms with Crippen LogP contribution in [0, 0.1) is 11.3 Å². The number of piperidine rings is 1. The van der Waals surface area contributed by atoms with Crippen molar-refractivity contribution in [3.05, 3.63) is 21.9 Å².